The van der Waals surface area contributed by atoms with E-state index in [1.54, 1.807) is 0 Å². The Morgan fingerprint density at radius 2 is 2.10 bits per heavy atom. The van der Waals surface area contributed by atoms with E-state index in [9.17, 15) is 4.79 Å². The van der Waals surface area contributed by atoms with Gasteiger partial charge in [0.15, 0.2) is 0 Å². The molecule has 3 heteroatoms. The molecule has 3 N–H and O–H groups in total. The lowest BCUT2D eigenvalue weighted by Crippen LogP contribution is -2.34. The predicted molar refractivity (Wildman–Crippen MR) is 86.0 cm³/mol. The summed E-state index contributed by atoms with van der Waals surface area (Å²) < 4.78 is 0. The van der Waals surface area contributed by atoms with Crippen LogP contribution in [0, 0.1) is 24.2 Å². The highest BCUT2D eigenvalue weighted by atomic mass is 16.1. The first-order valence-electron chi connectivity index (χ1n) is 7.62. The third-order valence-corrected chi connectivity index (χ3v) is 4.39. The van der Waals surface area contributed by atoms with Crippen molar-refractivity contribution in [1.29, 1.82) is 0 Å². The van der Waals surface area contributed by atoms with Crippen molar-refractivity contribution >= 4 is 5.91 Å². The fraction of sp³-hybridized carbons (Fsp3) is 0.500. The summed E-state index contributed by atoms with van der Waals surface area (Å²) in [6.07, 6.45) is 4.95. The zero-order valence-electron chi connectivity index (χ0n) is 13.0. The summed E-state index contributed by atoms with van der Waals surface area (Å²) in [6, 6.07) is 5.65. The number of carbonyl (C=O) groups is 1. The van der Waals surface area contributed by atoms with Crippen LogP contribution in [0.5, 0.6) is 0 Å². The molecule has 0 unspecified atom stereocenters. The Hall–Kier alpha value is -1.79. The number of amides is 1. The van der Waals surface area contributed by atoms with E-state index in [-0.39, 0.29) is 11.3 Å². The molecule has 1 aliphatic carbocycles. The SMILES string of the molecule is Cc1c(C#CCN)cccc1C(=O)NCC1(C)CCCC1. The van der Waals surface area contributed by atoms with Gasteiger partial charge in [0.1, 0.15) is 0 Å². The topological polar surface area (TPSA) is 55.1 Å². The van der Waals surface area contributed by atoms with Crippen LogP contribution in [0.15, 0.2) is 18.2 Å². The molecule has 0 aliphatic heterocycles. The van der Waals surface area contributed by atoms with E-state index in [1.165, 1.54) is 25.7 Å². The molecule has 3 nitrogen and oxygen atoms in total. The minimum absolute atomic E-state index is 0.00276. The van der Waals surface area contributed by atoms with E-state index >= 15 is 0 Å². The van der Waals surface area contributed by atoms with Gasteiger partial charge in [0, 0.05) is 17.7 Å². The molecule has 0 aromatic heterocycles. The van der Waals surface area contributed by atoms with Crippen molar-refractivity contribution < 1.29 is 4.79 Å². The van der Waals surface area contributed by atoms with Crippen molar-refractivity contribution in [3.63, 3.8) is 0 Å². The summed E-state index contributed by atoms with van der Waals surface area (Å²) in [6.45, 7) is 5.28. The smallest absolute Gasteiger partial charge is 0.251 e. The van der Waals surface area contributed by atoms with Crippen molar-refractivity contribution in [2.24, 2.45) is 11.1 Å². The number of hydrogen-bond acceptors (Lipinski definition) is 2. The van der Waals surface area contributed by atoms with E-state index in [0.717, 1.165) is 17.7 Å². The Bertz CT molecular complexity index is 575. The molecule has 0 bridgehead atoms. The second-order valence-corrected chi connectivity index (χ2v) is 6.18. The molecule has 112 valence electrons. The molecule has 1 aromatic carbocycles. The average molecular weight is 284 g/mol. The normalized spacial score (nSPS) is 16.1. The summed E-state index contributed by atoms with van der Waals surface area (Å²) in [5.41, 5.74) is 8.18. The molecule has 1 amide bonds. The van der Waals surface area contributed by atoms with Gasteiger partial charge in [-0.25, -0.2) is 0 Å². The molecule has 1 aromatic rings. The molecule has 0 saturated heterocycles. The van der Waals surface area contributed by atoms with Crippen LogP contribution >= 0.6 is 0 Å². The van der Waals surface area contributed by atoms with E-state index in [1.807, 2.05) is 25.1 Å². The van der Waals surface area contributed by atoms with Crippen LogP contribution in [0.4, 0.5) is 0 Å². The zero-order valence-corrected chi connectivity index (χ0v) is 13.0. The molecule has 1 fully saturated rings. The monoisotopic (exact) mass is 284 g/mol. The summed E-state index contributed by atoms with van der Waals surface area (Å²) in [7, 11) is 0. The van der Waals surface area contributed by atoms with E-state index in [0.29, 0.717) is 12.1 Å². The van der Waals surface area contributed by atoms with Gasteiger partial charge in [-0.3, -0.25) is 4.79 Å². The van der Waals surface area contributed by atoms with Crippen molar-refractivity contribution in [2.75, 3.05) is 13.1 Å². The standard InChI is InChI=1S/C18H24N2O/c1-14-15(8-6-12-19)7-5-9-16(14)17(21)20-13-18(2)10-3-4-11-18/h5,7,9H,3-4,10-13,19H2,1-2H3,(H,20,21). The fourth-order valence-corrected chi connectivity index (χ4v) is 2.96. The number of hydrogen-bond donors (Lipinski definition) is 2. The third kappa shape index (κ3) is 3.86. The van der Waals surface area contributed by atoms with Crippen molar-refractivity contribution in [2.45, 2.75) is 39.5 Å². The first-order valence-corrected chi connectivity index (χ1v) is 7.62. The van der Waals surface area contributed by atoms with Crippen LogP contribution in [0.25, 0.3) is 0 Å². The van der Waals surface area contributed by atoms with Gasteiger partial charge in [0.05, 0.1) is 6.54 Å². The van der Waals surface area contributed by atoms with Gasteiger partial charge in [0.2, 0.25) is 0 Å². The average Bonchev–Trinajstić information content (AvgIpc) is 2.91. The lowest BCUT2D eigenvalue weighted by atomic mass is 9.89. The Kier molecular flexibility index (Phi) is 5.03. The highest BCUT2D eigenvalue weighted by molar-refractivity contribution is 5.96. The molecule has 2 rings (SSSR count). The number of benzene rings is 1. The summed E-state index contributed by atoms with van der Waals surface area (Å²) in [5, 5.41) is 3.09. The van der Waals surface area contributed by atoms with Gasteiger partial charge >= 0.3 is 0 Å². The quantitative estimate of drug-likeness (QED) is 0.838. The predicted octanol–water partition coefficient (Wildman–Crippen LogP) is 2.62. The highest BCUT2D eigenvalue weighted by Gasteiger charge is 2.29. The van der Waals surface area contributed by atoms with Crippen LogP contribution in [0.3, 0.4) is 0 Å². The van der Waals surface area contributed by atoms with Gasteiger partial charge in [0.25, 0.3) is 5.91 Å². The van der Waals surface area contributed by atoms with Gasteiger partial charge < -0.3 is 11.1 Å². The van der Waals surface area contributed by atoms with Crippen molar-refractivity contribution in [3.05, 3.63) is 34.9 Å². The largest absolute Gasteiger partial charge is 0.351 e. The maximum atomic E-state index is 12.4. The maximum Gasteiger partial charge on any atom is 0.251 e. The molecular formula is C18H24N2O. The van der Waals surface area contributed by atoms with Crippen LogP contribution in [-0.2, 0) is 0 Å². The summed E-state index contributed by atoms with van der Waals surface area (Å²) in [5.74, 6) is 5.86. The first-order chi connectivity index (χ1) is 10.1. The molecule has 21 heavy (non-hydrogen) atoms. The molecule has 1 saturated carbocycles. The van der Waals surface area contributed by atoms with Crippen molar-refractivity contribution in [1.82, 2.24) is 5.32 Å². The van der Waals surface area contributed by atoms with Gasteiger partial charge in [-0.05, 0) is 42.9 Å². The lowest BCUT2D eigenvalue weighted by molar-refractivity contribution is 0.0933. The van der Waals surface area contributed by atoms with Crippen LogP contribution < -0.4 is 11.1 Å². The third-order valence-electron chi connectivity index (χ3n) is 4.39. The van der Waals surface area contributed by atoms with Crippen LogP contribution in [0.1, 0.15) is 54.1 Å². The number of rotatable bonds is 3. The first kappa shape index (κ1) is 15.6. The van der Waals surface area contributed by atoms with Gasteiger partial charge in [-0.1, -0.05) is 37.7 Å². The molecular weight excluding hydrogens is 260 g/mol. The zero-order chi connectivity index (χ0) is 15.3. The van der Waals surface area contributed by atoms with E-state index < -0.39 is 0 Å². The maximum absolute atomic E-state index is 12.4. The Labute approximate surface area is 127 Å². The molecule has 0 atom stereocenters. The number of nitrogens with one attached hydrogen (secondary N) is 1. The van der Waals surface area contributed by atoms with Crippen molar-refractivity contribution in [3.8, 4) is 11.8 Å². The molecule has 0 heterocycles. The van der Waals surface area contributed by atoms with Crippen LogP contribution in [-0.4, -0.2) is 19.0 Å². The van der Waals surface area contributed by atoms with Crippen LogP contribution in [0.2, 0.25) is 0 Å². The number of nitrogens with two attached hydrogens (primary N) is 1. The molecule has 0 spiro atoms. The summed E-state index contributed by atoms with van der Waals surface area (Å²) >= 11 is 0. The Morgan fingerprint density at radius 1 is 1.38 bits per heavy atom. The Morgan fingerprint density at radius 3 is 2.76 bits per heavy atom. The summed E-state index contributed by atoms with van der Waals surface area (Å²) in [4.78, 5) is 12.4. The molecule has 1 aliphatic rings. The minimum Gasteiger partial charge on any atom is -0.351 e. The second-order valence-electron chi connectivity index (χ2n) is 6.18. The fourth-order valence-electron chi connectivity index (χ4n) is 2.96. The van der Waals surface area contributed by atoms with E-state index in [2.05, 4.69) is 24.1 Å². The minimum atomic E-state index is -0.00276. The number of carbonyl (C=O) groups excluding carboxylic acids is 1. The van der Waals surface area contributed by atoms with E-state index in [4.69, 9.17) is 5.73 Å². The lowest BCUT2D eigenvalue weighted by Gasteiger charge is -2.24. The Balaban J connectivity index is 2.08. The second kappa shape index (κ2) is 6.78. The van der Waals surface area contributed by atoms with Gasteiger partial charge in [-0.15, -0.1) is 0 Å². The molecule has 0 radical (unpaired) electrons. The highest BCUT2D eigenvalue weighted by Crippen LogP contribution is 2.36. The van der Waals surface area contributed by atoms with Gasteiger partial charge in [-0.2, -0.15) is 0 Å².